The van der Waals surface area contributed by atoms with Crippen LogP contribution in [0.3, 0.4) is 0 Å². The monoisotopic (exact) mass is 291 g/mol. The molecule has 100 valence electrons. The van der Waals surface area contributed by atoms with E-state index in [0.29, 0.717) is 5.70 Å². The van der Waals surface area contributed by atoms with Gasteiger partial charge in [-0.25, -0.2) is 4.99 Å². The maximum absolute atomic E-state index is 11.9. The SMILES string of the molecule is CCSC1=N/C(=C\c2c(C)cc(C)cc2C)C(=O)S1. The van der Waals surface area contributed by atoms with E-state index in [1.54, 1.807) is 11.8 Å². The largest absolute Gasteiger partial charge is 0.279 e. The van der Waals surface area contributed by atoms with E-state index in [2.05, 4.69) is 44.8 Å². The van der Waals surface area contributed by atoms with E-state index in [9.17, 15) is 4.79 Å². The minimum absolute atomic E-state index is 0.0512. The third kappa shape index (κ3) is 3.31. The molecule has 0 N–H and O–H groups in total. The highest BCUT2D eigenvalue weighted by Crippen LogP contribution is 2.31. The Kier molecular flexibility index (Phi) is 4.53. The number of hydrogen-bond donors (Lipinski definition) is 0. The third-order valence-corrected chi connectivity index (χ3v) is 4.78. The van der Waals surface area contributed by atoms with E-state index >= 15 is 0 Å². The van der Waals surface area contributed by atoms with E-state index < -0.39 is 0 Å². The quantitative estimate of drug-likeness (QED) is 0.759. The van der Waals surface area contributed by atoms with Crippen LogP contribution in [0.15, 0.2) is 22.8 Å². The highest BCUT2D eigenvalue weighted by Gasteiger charge is 2.22. The fourth-order valence-corrected chi connectivity index (χ4v) is 3.87. The Balaban J connectivity index is 2.39. The van der Waals surface area contributed by atoms with Gasteiger partial charge in [0.1, 0.15) is 10.1 Å². The molecule has 1 aromatic carbocycles. The molecule has 1 aliphatic rings. The van der Waals surface area contributed by atoms with Crippen molar-refractivity contribution in [2.45, 2.75) is 27.7 Å². The molecule has 0 saturated carbocycles. The summed E-state index contributed by atoms with van der Waals surface area (Å²) in [6.45, 7) is 8.30. The standard InChI is InChI=1S/C15H17NOS2/c1-5-18-15-16-13(14(17)19-15)8-12-10(3)6-9(2)7-11(12)4/h6-8H,5H2,1-4H3/b13-8-. The van der Waals surface area contributed by atoms with E-state index in [4.69, 9.17) is 0 Å². The van der Waals surface area contributed by atoms with Crippen molar-refractivity contribution in [3.63, 3.8) is 0 Å². The Morgan fingerprint density at radius 3 is 2.47 bits per heavy atom. The van der Waals surface area contributed by atoms with Crippen LogP contribution in [0.4, 0.5) is 0 Å². The average Bonchev–Trinajstić information content (AvgIpc) is 2.64. The number of rotatable bonds is 2. The van der Waals surface area contributed by atoms with Crippen LogP contribution in [0.25, 0.3) is 6.08 Å². The van der Waals surface area contributed by atoms with Crippen LogP contribution in [-0.2, 0) is 4.79 Å². The first-order valence-corrected chi connectivity index (χ1v) is 8.04. The first-order valence-electron chi connectivity index (χ1n) is 6.24. The molecule has 2 nitrogen and oxygen atoms in total. The molecule has 0 unspecified atom stereocenters. The molecular formula is C15H17NOS2. The highest BCUT2D eigenvalue weighted by atomic mass is 32.2. The number of benzene rings is 1. The van der Waals surface area contributed by atoms with Crippen LogP contribution in [-0.4, -0.2) is 15.2 Å². The maximum atomic E-state index is 11.9. The molecular weight excluding hydrogens is 274 g/mol. The predicted molar refractivity (Wildman–Crippen MR) is 86.8 cm³/mol. The Hall–Kier alpha value is -1.000. The summed E-state index contributed by atoms with van der Waals surface area (Å²) in [7, 11) is 0. The summed E-state index contributed by atoms with van der Waals surface area (Å²) in [5.41, 5.74) is 5.30. The number of aryl methyl sites for hydroxylation is 3. The van der Waals surface area contributed by atoms with E-state index in [-0.39, 0.29) is 5.12 Å². The van der Waals surface area contributed by atoms with Gasteiger partial charge in [0, 0.05) is 0 Å². The average molecular weight is 291 g/mol. The van der Waals surface area contributed by atoms with Crippen LogP contribution < -0.4 is 0 Å². The second-order valence-corrected chi connectivity index (χ2v) is 7.01. The lowest BCUT2D eigenvalue weighted by atomic mass is 9.99. The Morgan fingerprint density at radius 1 is 1.26 bits per heavy atom. The minimum atomic E-state index is 0.0512. The molecule has 0 aliphatic carbocycles. The zero-order chi connectivity index (χ0) is 14.0. The summed E-state index contributed by atoms with van der Waals surface area (Å²) in [5, 5.41) is 0.0512. The topological polar surface area (TPSA) is 29.4 Å². The molecule has 2 rings (SSSR count). The first kappa shape index (κ1) is 14.4. The van der Waals surface area contributed by atoms with E-state index in [1.165, 1.54) is 28.5 Å². The summed E-state index contributed by atoms with van der Waals surface area (Å²) in [5.74, 6) is 0.939. The predicted octanol–water partition coefficient (Wildman–Crippen LogP) is 4.34. The maximum Gasteiger partial charge on any atom is 0.244 e. The Morgan fingerprint density at radius 2 is 1.89 bits per heavy atom. The molecule has 0 saturated heterocycles. The number of nitrogens with zero attached hydrogens (tertiary/aromatic N) is 1. The van der Waals surface area contributed by atoms with Gasteiger partial charge in [-0.3, -0.25) is 4.79 Å². The molecule has 0 fully saturated rings. The van der Waals surface area contributed by atoms with Crippen LogP contribution in [0.2, 0.25) is 0 Å². The Bertz CT molecular complexity index is 565. The molecule has 0 aromatic heterocycles. The van der Waals surface area contributed by atoms with Crippen LogP contribution >= 0.6 is 23.5 Å². The van der Waals surface area contributed by atoms with E-state index in [1.807, 2.05) is 6.08 Å². The molecule has 1 aromatic rings. The molecule has 0 bridgehead atoms. The lowest BCUT2D eigenvalue weighted by Gasteiger charge is -2.07. The van der Waals surface area contributed by atoms with Crippen LogP contribution in [0.5, 0.6) is 0 Å². The van der Waals surface area contributed by atoms with E-state index in [0.717, 1.165) is 15.7 Å². The summed E-state index contributed by atoms with van der Waals surface area (Å²) in [4.78, 5) is 16.3. The molecule has 0 spiro atoms. The van der Waals surface area contributed by atoms with Crippen molar-refractivity contribution >= 4 is 39.1 Å². The van der Waals surface area contributed by atoms with Crippen LogP contribution in [0, 0.1) is 20.8 Å². The molecule has 0 amide bonds. The second-order valence-electron chi connectivity index (χ2n) is 4.54. The summed E-state index contributed by atoms with van der Waals surface area (Å²) in [6, 6.07) is 4.27. The number of carbonyl (C=O) groups is 1. The fourth-order valence-electron chi connectivity index (χ4n) is 2.13. The fraction of sp³-hybridized carbons (Fsp3) is 0.333. The first-order chi connectivity index (χ1) is 9.01. The molecule has 0 radical (unpaired) electrons. The Labute approximate surface area is 122 Å². The van der Waals surface area contributed by atoms with Crippen molar-refractivity contribution in [2.24, 2.45) is 4.99 Å². The van der Waals surface area contributed by atoms with Gasteiger partial charge in [0.15, 0.2) is 0 Å². The third-order valence-electron chi connectivity index (χ3n) is 2.89. The van der Waals surface area contributed by atoms with Crippen molar-refractivity contribution < 1.29 is 4.79 Å². The summed E-state index contributed by atoms with van der Waals surface area (Å²) < 4.78 is 0.862. The molecule has 0 atom stereocenters. The highest BCUT2D eigenvalue weighted by molar-refractivity contribution is 8.45. The van der Waals surface area contributed by atoms with Crippen molar-refractivity contribution in [3.8, 4) is 0 Å². The lowest BCUT2D eigenvalue weighted by Crippen LogP contribution is -1.92. The lowest BCUT2D eigenvalue weighted by molar-refractivity contribution is -0.107. The molecule has 19 heavy (non-hydrogen) atoms. The summed E-state index contributed by atoms with van der Waals surface area (Å²) >= 11 is 2.86. The van der Waals surface area contributed by atoms with Crippen LogP contribution in [0.1, 0.15) is 29.2 Å². The molecule has 1 heterocycles. The van der Waals surface area contributed by atoms with Crippen molar-refractivity contribution in [2.75, 3.05) is 5.75 Å². The van der Waals surface area contributed by atoms with Crippen molar-refractivity contribution in [1.29, 1.82) is 0 Å². The van der Waals surface area contributed by atoms with Gasteiger partial charge in [0.25, 0.3) is 0 Å². The van der Waals surface area contributed by atoms with Gasteiger partial charge in [0.05, 0.1) is 0 Å². The number of aliphatic imine (C=N–C) groups is 1. The number of hydrogen-bond acceptors (Lipinski definition) is 4. The molecule has 4 heteroatoms. The van der Waals surface area contributed by atoms with Gasteiger partial charge < -0.3 is 0 Å². The second kappa shape index (κ2) is 5.97. The zero-order valence-electron chi connectivity index (χ0n) is 11.6. The minimum Gasteiger partial charge on any atom is -0.279 e. The number of thioether (sulfide) groups is 2. The zero-order valence-corrected chi connectivity index (χ0v) is 13.2. The summed E-state index contributed by atoms with van der Waals surface area (Å²) in [6.07, 6.45) is 1.92. The van der Waals surface area contributed by atoms with Gasteiger partial charge in [-0.2, -0.15) is 0 Å². The van der Waals surface area contributed by atoms with Gasteiger partial charge in [0.2, 0.25) is 5.12 Å². The van der Waals surface area contributed by atoms with Gasteiger partial charge >= 0.3 is 0 Å². The van der Waals surface area contributed by atoms with Crippen molar-refractivity contribution in [3.05, 3.63) is 40.1 Å². The van der Waals surface area contributed by atoms with Gasteiger partial charge in [-0.05, 0) is 61.1 Å². The molecule has 1 aliphatic heterocycles. The van der Waals surface area contributed by atoms with Gasteiger partial charge in [-0.15, -0.1) is 0 Å². The van der Waals surface area contributed by atoms with Crippen molar-refractivity contribution in [1.82, 2.24) is 0 Å². The smallest absolute Gasteiger partial charge is 0.244 e. The normalized spacial score (nSPS) is 17.2. The number of carbonyl (C=O) groups excluding carboxylic acids is 1. The van der Waals surface area contributed by atoms with Gasteiger partial charge in [-0.1, -0.05) is 36.4 Å².